The molecule has 0 bridgehead atoms. The summed E-state index contributed by atoms with van der Waals surface area (Å²) in [5.74, 6) is -19.0. The van der Waals surface area contributed by atoms with Gasteiger partial charge >= 0.3 is 41.8 Å². The first kappa shape index (κ1) is 39.1. The molecule has 10 atom stereocenters. The molecule has 0 radical (unpaired) electrons. The van der Waals surface area contributed by atoms with Gasteiger partial charge in [-0.25, -0.2) is 58.1 Å². The van der Waals surface area contributed by atoms with Gasteiger partial charge in [0.2, 0.25) is 5.79 Å². The smallest absolute Gasteiger partial charge is 0.414 e. The van der Waals surface area contributed by atoms with Gasteiger partial charge < -0.3 is 51.6 Å². The molecule has 2 saturated heterocycles. The Bertz CT molecular complexity index is 1210. The van der Waals surface area contributed by atoms with E-state index in [0.29, 0.717) is 0 Å². The van der Waals surface area contributed by atoms with Crippen molar-refractivity contribution in [1.82, 2.24) is 0 Å². The first-order valence-corrected chi connectivity index (χ1v) is 13.3. The monoisotopic (exact) mass is 687 g/mol. The van der Waals surface area contributed by atoms with E-state index in [0.717, 1.165) is 6.92 Å². The van der Waals surface area contributed by atoms with Crippen molar-refractivity contribution in [2.45, 2.75) is 86.7 Å². The summed E-state index contributed by atoms with van der Waals surface area (Å²) >= 11 is 0. The van der Waals surface area contributed by atoms with E-state index < -0.39 is 134 Å². The Morgan fingerprint density at radius 2 is 1.60 bits per heavy atom. The number of carbonyl (C=O) groups is 7. The summed E-state index contributed by atoms with van der Waals surface area (Å²) in [4.78, 5) is 112. The number of rotatable bonds is 8. The Morgan fingerprint density at radius 3 is 2.19 bits per heavy atom. The molecule has 12 N–H and O–H groups in total. The van der Waals surface area contributed by atoms with Crippen LogP contribution in [0.3, 0.4) is 0 Å². The van der Waals surface area contributed by atoms with E-state index in [2.05, 4.69) is 29.3 Å². The van der Waals surface area contributed by atoms with Crippen molar-refractivity contribution in [3.8, 4) is 0 Å². The molecular weight excluding hydrogens is 654 g/mol. The van der Waals surface area contributed by atoms with Crippen LogP contribution in [0.5, 0.6) is 0 Å². The molecule has 47 heavy (non-hydrogen) atoms. The molecule has 0 aliphatic carbocycles. The molecule has 0 amide bonds. The van der Waals surface area contributed by atoms with E-state index >= 15 is 0 Å². The highest BCUT2D eigenvalue weighted by atomic mass is 17.2. The molecule has 0 aromatic rings. The normalized spacial score (nSPS) is 33.6. The Morgan fingerprint density at radius 1 is 0.979 bits per heavy atom. The zero-order valence-corrected chi connectivity index (χ0v) is 24.2. The highest BCUT2D eigenvalue weighted by Gasteiger charge is 2.70. The number of aliphatic hydroxyl groups is 6. The summed E-state index contributed by atoms with van der Waals surface area (Å²) in [6.45, 7) is -0.252. The third-order valence-corrected chi connectivity index (χ3v) is 6.56. The largest absolute Gasteiger partial charge is 0.430 e. The number of aliphatic hydroxyl groups excluding tert-OH is 5. The summed E-state index contributed by atoms with van der Waals surface area (Å²) in [5.41, 5.74) is 13.2. The van der Waals surface area contributed by atoms with Crippen LogP contribution in [0, 0.1) is 5.92 Å². The van der Waals surface area contributed by atoms with Crippen LogP contribution < -0.4 is 17.2 Å². The topological polar surface area (TPSA) is 393 Å². The Kier molecular flexibility index (Phi) is 13.4. The summed E-state index contributed by atoms with van der Waals surface area (Å²) in [6, 6.07) is -3.69. The van der Waals surface area contributed by atoms with Crippen LogP contribution >= 0.6 is 0 Å². The third kappa shape index (κ3) is 9.25. The van der Waals surface area contributed by atoms with Gasteiger partial charge in [-0.15, -0.1) is 0 Å². The van der Waals surface area contributed by atoms with Crippen molar-refractivity contribution in [2.24, 2.45) is 23.1 Å². The second kappa shape index (κ2) is 16.1. The summed E-state index contributed by atoms with van der Waals surface area (Å²) in [5, 5.41) is 61.2. The van der Waals surface area contributed by atoms with Crippen molar-refractivity contribution < 1.29 is 103 Å². The minimum atomic E-state index is -3.93. The van der Waals surface area contributed by atoms with E-state index in [1.54, 1.807) is 0 Å². The molecule has 24 heteroatoms. The van der Waals surface area contributed by atoms with Gasteiger partial charge in [0.1, 0.15) is 36.5 Å². The third-order valence-electron chi connectivity index (χ3n) is 6.56. The molecule has 2 fully saturated rings. The van der Waals surface area contributed by atoms with Crippen molar-refractivity contribution >= 4 is 41.8 Å². The van der Waals surface area contributed by atoms with Gasteiger partial charge in [-0.05, 0) is 19.8 Å². The van der Waals surface area contributed by atoms with Gasteiger partial charge in [0, 0.05) is 0 Å². The van der Waals surface area contributed by atoms with Crippen LogP contribution in [-0.4, -0.2) is 133 Å². The molecule has 0 aromatic heterocycles. The minimum absolute atomic E-state index is 0.539. The highest BCUT2D eigenvalue weighted by molar-refractivity contribution is 5.91. The molecule has 266 valence electrons. The van der Waals surface area contributed by atoms with Gasteiger partial charge in [-0.2, -0.15) is 0 Å². The molecule has 2 aliphatic heterocycles. The van der Waals surface area contributed by atoms with Crippen LogP contribution in [0.15, 0.2) is 0 Å². The zero-order valence-electron chi connectivity index (χ0n) is 24.2. The first-order valence-electron chi connectivity index (χ1n) is 13.3. The van der Waals surface area contributed by atoms with Crippen molar-refractivity contribution in [1.29, 1.82) is 0 Å². The molecule has 24 nitrogen and oxygen atoms in total. The van der Waals surface area contributed by atoms with Crippen molar-refractivity contribution in [3.05, 3.63) is 0 Å². The van der Waals surface area contributed by atoms with Crippen LogP contribution in [0.4, 0.5) is 0 Å². The highest BCUT2D eigenvalue weighted by Crippen LogP contribution is 2.40. The Hall–Kier alpha value is -4.11. The van der Waals surface area contributed by atoms with Gasteiger partial charge in [0.25, 0.3) is 5.72 Å². The molecule has 2 heterocycles. The number of hydrogen-bond donors (Lipinski definition) is 9. The number of ether oxygens (including phenoxy) is 2. The van der Waals surface area contributed by atoms with Crippen LogP contribution in [0.1, 0.15) is 32.6 Å². The number of carbonyl (C=O) groups excluding carboxylic acids is 7. The zero-order chi connectivity index (χ0) is 35.9. The first-order chi connectivity index (χ1) is 21.8. The van der Waals surface area contributed by atoms with E-state index in [4.69, 9.17) is 31.8 Å². The molecule has 0 saturated carbocycles. The van der Waals surface area contributed by atoms with E-state index in [9.17, 15) is 59.1 Å². The molecule has 2 rings (SSSR count). The van der Waals surface area contributed by atoms with Gasteiger partial charge in [0.15, 0.2) is 12.0 Å². The predicted octanol–water partition coefficient (Wildman–Crippen LogP) is -7.42. The minimum Gasteiger partial charge on any atom is -0.430 e. The standard InChI is InChI=1S/C23H33N3O21/c1-7(28)17(34)44-42-11(29)4-2-8(24)18(35)41-22(26)15(23(39)16(33)14(32)13(31)10(6-27)40-23)20(37)46-43-12(30)5-3-9(25)19(36)45-47-21(22)38/h7-10,13-16,27-28,31-33,39H,2-6,24-26H2,1H3/t7?,8-,9-,10-,13-,14+,15?,16-,22?,23?/m1/s1. The lowest BCUT2D eigenvalue weighted by Gasteiger charge is -2.49. The van der Waals surface area contributed by atoms with E-state index in [1.807, 2.05) is 0 Å². The quantitative estimate of drug-likeness (QED) is 0.0495. The molecule has 0 spiro atoms. The Balaban J connectivity index is 2.54. The van der Waals surface area contributed by atoms with Crippen LogP contribution in [0.25, 0.3) is 0 Å². The molecule has 2 aliphatic rings. The number of hydrogen-bond acceptors (Lipinski definition) is 24. The van der Waals surface area contributed by atoms with Gasteiger partial charge in [0.05, 0.1) is 19.4 Å². The second-order valence-electron chi connectivity index (χ2n) is 10.1. The molecular formula is C23H33N3O21. The van der Waals surface area contributed by atoms with Gasteiger partial charge in [-0.3, -0.25) is 10.5 Å². The maximum absolute atomic E-state index is 13.3. The lowest BCUT2D eigenvalue weighted by Crippen LogP contribution is -2.76. The Labute approximate surface area is 261 Å². The second-order valence-corrected chi connectivity index (χ2v) is 10.1. The summed E-state index contributed by atoms with van der Waals surface area (Å²) in [6.07, 6.45) is -14.2. The number of nitrogens with two attached hydrogens (primary N) is 3. The van der Waals surface area contributed by atoms with Gasteiger partial charge in [-0.1, -0.05) is 0 Å². The fourth-order valence-corrected chi connectivity index (χ4v) is 3.89. The fraction of sp³-hybridized carbons (Fsp3) is 0.696. The van der Waals surface area contributed by atoms with Crippen LogP contribution in [-0.2, 0) is 72.4 Å². The van der Waals surface area contributed by atoms with Crippen molar-refractivity contribution in [3.63, 3.8) is 0 Å². The molecule has 0 aromatic carbocycles. The average molecular weight is 688 g/mol. The predicted molar refractivity (Wildman–Crippen MR) is 134 cm³/mol. The van der Waals surface area contributed by atoms with E-state index in [1.165, 1.54) is 0 Å². The fourth-order valence-electron chi connectivity index (χ4n) is 3.89. The number of esters is 1. The maximum atomic E-state index is 13.3. The average Bonchev–Trinajstić information content (AvgIpc) is 3.02. The SMILES string of the molecule is CC(O)C(=O)OOC(=O)CC[C@@H](N)C(=O)OC1(N)C(=O)OOC(=O)[C@H](N)CCC(=O)OOC(=O)C1C1(O)O[C@H](CO)[C@@H](O)[C@H](O)[C@H]1O. The maximum Gasteiger partial charge on any atom is 0.414 e. The summed E-state index contributed by atoms with van der Waals surface area (Å²) < 4.78 is 9.88. The lowest BCUT2D eigenvalue weighted by molar-refractivity contribution is -0.383. The molecule has 4 unspecified atom stereocenters. The van der Waals surface area contributed by atoms with Crippen molar-refractivity contribution in [2.75, 3.05) is 6.61 Å². The van der Waals surface area contributed by atoms with Crippen LogP contribution in [0.2, 0.25) is 0 Å². The summed E-state index contributed by atoms with van der Waals surface area (Å²) in [7, 11) is 0. The lowest BCUT2D eigenvalue weighted by atomic mass is 9.79. The van der Waals surface area contributed by atoms with E-state index in [-0.39, 0.29) is 0 Å².